The average molecular weight is 244 g/mol. The molecule has 7 heteroatoms. The van der Waals surface area contributed by atoms with E-state index >= 15 is 0 Å². The molecule has 1 aliphatic rings. The molecule has 0 bridgehead atoms. The van der Waals surface area contributed by atoms with Gasteiger partial charge >= 0.3 is 12.0 Å². The van der Waals surface area contributed by atoms with E-state index in [0.717, 1.165) is 17.7 Å². The van der Waals surface area contributed by atoms with Gasteiger partial charge in [-0.3, -0.25) is 9.59 Å². The van der Waals surface area contributed by atoms with Crippen LogP contribution in [0.15, 0.2) is 0 Å². The molecule has 1 heterocycles. The minimum atomic E-state index is -0.961. The van der Waals surface area contributed by atoms with E-state index in [-0.39, 0.29) is 13.2 Å². The summed E-state index contributed by atoms with van der Waals surface area (Å²) in [5, 5.41) is 0. The van der Waals surface area contributed by atoms with Crippen LogP contribution in [0.2, 0.25) is 0 Å². The van der Waals surface area contributed by atoms with Crippen molar-refractivity contribution in [3.05, 3.63) is 0 Å². The lowest BCUT2D eigenvalue weighted by molar-refractivity contribution is -0.148. The van der Waals surface area contributed by atoms with E-state index in [1.165, 1.54) is 0 Å². The molecule has 1 aliphatic heterocycles. The highest BCUT2D eigenvalue weighted by Crippen LogP contribution is 2.13. The van der Waals surface area contributed by atoms with Gasteiger partial charge in [-0.2, -0.15) is 0 Å². The zero-order chi connectivity index (χ0) is 12.8. The SMILES string of the molecule is CCCCOC(=O)CC1OCN(C(N)=O)C1=O. The van der Waals surface area contributed by atoms with Crippen LogP contribution in [0.4, 0.5) is 4.79 Å². The van der Waals surface area contributed by atoms with Gasteiger partial charge in [-0.05, 0) is 6.42 Å². The van der Waals surface area contributed by atoms with E-state index in [0.29, 0.717) is 6.61 Å². The molecule has 0 aromatic carbocycles. The Labute approximate surface area is 98.8 Å². The highest BCUT2D eigenvalue weighted by atomic mass is 16.5. The van der Waals surface area contributed by atoms with E-state index in [1.807, 2.05) is 6.92 Å². The predicted molar refractivity (Wildman–Crippen MR) is 56.7 cm³/mol. The smallest absolute Gasteiger partial charge is 0.323 e. The van der Waals surface area contributed by atoms with Crippen molar-refractivity contribution in [2.24, 2.45) is 5.73 Å². The molecule has 7 nitrogen and oxygen atoms in total. The topological polar surface area (TPSA) is 98.9 Å². The van der Waals surface area contributed by atoms with Crippen LogP contribution in [-0.2, 0) is 19.1 Å². The number of unbranched alkanes of at least 4 members (excludes halogenated alkanes) is 1. The van der Waals surface area contributed by atoms with Crippen molar-refractivity contribution < 1.29 is 23.9 Å². The summed E-state index contributed by atoms with van der Waals surface area (Å²) < 4.78 is 9.87. The van der Waals surface area contributed by atoms with E-state index in [2.05, 4.69) is 0 Å². The maximum absolute atomic E-state index is 11.5. The summed E-state index contributed by atoms with van der Waals surface area (Å²) in [6.45, 7) is 2.10. The number of ether oxygens (including phenoxy) is 2. The number of amides is 3. The van der Waals surface area contributed by atoms with Gasteiger partial charge in [0.05, 0.1) is 13.0 Å². The lowest BCUT2D eigenvalue weighted by atomic mass is 10.2. The van der Waals surface area contributed by atoms with Crippen LogP contribution in [0, 0.1) is 0 Å². The predicted octanol–water partition coefficient (Wildman–Crippen LogP) is -0.0166. The Kier molecular flexibility index (Phi) is 4.89. The van der Waals surface area contributed by atoms with Crippen molar-refractivity contribution >= 4 is 17.9 Å². The maximum Gasteiger partial charge on any atom is 0.323 e. The van der Waals surface area contributed by atoms with Crippen LogP contribution in [-0.4, -0.2) is 42.2 Å². The van der Waals surface area contributed by atoms with Gasteiger partial charge < -0.3 is 15.2 Å². The molecule has 17 heavy (non-hydrogen) atoms. The summed E-state index contributed by atoms with van der Waals surface area (Å²) in [6, 6.07) is -0.878. The number of hydrogen-bond donors (Lipinski definition) is 1. The standard InChI is InChI=1S/C10H16N2O5/c1-2-3-4-16-8(13)5-7-9(14)12(6-17-7)10(11)15/h7H,2-6H2,1H3,(H2,11,15). The normalized spacial score (nSPS) is 19.5. The molecule has 2 N–H and O–H groups in total. The molecule has 1 unspecified atom stereocenters. The molecule has 1 fully saturated rings. The van der Waals surface area contributed by atoms with Gasteiger partial charge in [-0.1, -0.05) is 13.3 Å². The van der Waals surface area contributed by atoms with Gasteiger partial charge in [-0.25, -0.2) is 9.69 Å². The zero-order valence-electron chi connectivity index (χ0n) is 9.68. The van der Waals surface area contributed by atoms with Gasteiger partial charge in [0.1, 0.15) is 12.8 Å². The largest absolute Gasteiger partial charge is 0.466 e. The third-order valence-electron chi connectivity index (χ3n) is 2.33. The molecular formula is C10H16N2O5. The Balaban J connectivity index is 2.35. The molecule has 3 amide bonds. The van der Waals surface area contributed by atoms with Crippen LogP contribution in [0.3, 0.4) is 0 Å². The molecule has 0 aliphatic carbocycles. The van der Waals surface area contributed by atoms with Crippen LogP contribution in [0.25, 0.3) is 0 Å². The number of nitrogens with zero attached hydrogens (tertiary/aromatic N) is 1. The molecule has 96 valence electrons. The lowest BCUT2D eigenvalue weighted by Crippen LogP contribution is -2.39. The summed E-state index contributed by atoms with van der Waals surface area (Å²) in [7, 11) is 0. The fraction of sp³-hybridized carbons (Fsp3) is 0.700. The molecule has 0 aromatic heterocycles. The van der Waals surface area contributed by atoms with Crippen LogP contribution in [0.1, 0.15) is 26.2 Å². The molecule has 1 atom stereocenters. The maximum atomic E-state index is 11.5. The molecule has 1 saturated heterocycles. The number of imide groups is 1. The van der Waals surface area contributed by atoms with E-state index in [1.54, 1.807) is 0 Å². The number of rotatable bonds is 5. The number of hydrogen-bond acceptors (Lipinski definition) is 5. The van der Waals surface area contributed by atoms with E-state index in [4.69, 9.17) is 15.2 Å². The number of esters is 1. The minimum absolute atomic E-state index is 0.188. The Hall–Kier alpha value is -1.63. The summed E-state index contributed by atoms with van der Waals surface area (Å²) in [4.78, 5) is 34.4. The van der Waals surface area contributed by atoms with Crippen LogP contribution >= 0.6 is 0 Å². The van der Waals surface area contributed by atoms with Crippen molar-refractivity contribution in [1.82, 2.24) is 4.90 Å². The highest BCUT2D eigenvalue weighted by molar-refractivity contribution is 5.98. The third kappa shape index (κ3) is 3.70. The number of primary amides is 1. The van der Waals surface area contributed by atoms with Gasteiger partial charge in [0.25, 0.3) is 5.91 Å². The van der Waals surface area contributed by atoms with Crippen molar-refractivity contribution in [3.8, 4) is 0 Å². The molecule has 0 aromatic rings. The Morgan fingerprint density at radius 1 is 1.59 bits per heavy atom. The van der Waals surface area contributed by atoms with Crippen LogP contribution in [0.5, 0.6) is 0 Å². The summed E-state index contributed by atoms with van der Waals surface area (Å²) in [5.41, 5.74) is 4.95. The second-order valence-electron chi connectivity index (χ2n) is 3.67. The van der Waals surface area contributed by atoms with Gasteiger partial charge in [0.2, 0.25) is 0 Å². The monoisotopic (exact) mass is 244 g/mol. The second-order valence-corrected chi connectivity index (χ2v) is 3.67. The lowest BCUT2D eigenvalue weighted by Gasteiger charge is -2.08. The fourth-order valence-electron chi connectivity index (χ4n) is 1.33. The summed E-state index contributed by atoms with van der Waals surface area (Å²) in [6.07, 6.45) is 0.545. The minimum Gasteiger partial charge on any atom is -0.466 e. The first-order chi connectivity index (χ1) is 8.06. The Morgan fingerprint density at radius 3 is 2.82 bits per heavy atom. The number of carbonyl (C=O) groups excluding carboxylic acids is 3. The highest BCUT2D eigenvalue weighted by Gasteiger charge is 2.37. The van der Waals surface area contributed by atoms with Crippen LogP contribution < -0.4 is 5.73 Å². The summed E-state index contributed by atoms with van der Waals surface area (Å²) in [5.74, 6) is -1.10. The molecule has 0 radical (unpaired) electrons. The van der Waals surface area contributed by atoms with Crippen molar-refractivity contribution in [3.63, 3.8) is 0 Å². The van der Waals surface area contributed by atoms with Crippen molar-refractivity contribution in [2.45, 2.75) is 32.3 Å². The molecular weight excluding hydrogens is 228 g/mol. The van der Waals surface area contributed by atoms with E-state index < -0.39 is 24.0 Å². The molecule has 1 rings (SSSR count). The Morgan fingerprint density at radius 2 is 2.29 bits per heavy atom. The quantitative estimate of drug-likeness (QED) is 0.541. The first-order valence-corrected chi connectivity index (χ1v) is 5.44. The van der Waals surface area contributed by atoms with Gasteiger partial charge in [0, 0.05) is 0 Å². The number of urea groups is 1. The van der Waals surface area contributed by atoms with Gasteiger partial charge in [0.15, 0.2) is 0 Å². The van der Waals surface area contributed by atoms with E-state index in [9.17, 15) is 14.4 Å². The number of carbonyl (C=O) groups is 3. The second kappa shape index (κ2) is 6.19. The first kappa shape index (κ1) is 13.4. The average Bonchev–Trinajstić information content (AvgIpc) is 2.61. The summed E-state index contributed by atoms with van der Waals surface area (Å²) >= 11 is 0. The Bertz CT molecular complexity index is 318. The number of nitrogens with two attached hydrogens (primary N) is 1. The van der Waals surface area contributed by atoms with Crippen molar-refractivity contribution in [2.75, 3.05) is 13.3 Å². The van der Waals surface area contributed by atoms with Crippen molar-refractivity contribution in [1.29, 1.82) is 0 Å². The first-order valence-electron chi connectivity index (χ1n) is 5.44. The zero-order valence-corrected chi connectivity index (χ0v) is 9.68. The molecule has 0 saturated carbocycles. The molecule has 0 spiro atoms. The van der Waals surface area contributed by atoms with Gasteiger partial charge in [-0.15, -0.1) is 0 Å². The third-order valence-corrected chi connectivity index (χ3v) is 2.33. The fourth-order valence-corrected chi connectivity index (χ4v) is 1.33.